The number of carboxylic acid groups (broad SMARTS) is 1. The van der Waals surface area contributed by atoms with Crippen molar-refractivity contribution < 1.29 is 24.6 Å². The highest BCUT2D eigenvalue weighted by Gasteiger charge is 2.64. The Hall–Kier alpha value is -2.76. The van der Waals surface area contributed by atoms with Crippen molar-refractivity contribution in [3.8, 4) is 5.75 Å². The highest BCUT2D eigenvalue weighted by Crippen LogP contribution is 2.50. The van der Waals surface area contributed by atoms with Gasteiger partial charge in [-0.05, 0) is 13.8 Å². The molecule has 1 aromatic rings. The molecule has 11 nitrogen and oxygen atoms in total. The maximum atomic E-state index is 12.3. The Labute approximate surface area is 156 Å². The zero-order valence-electron chi connectivity index (χ0n) is 14.7. The topological polar surface area (TPSA) is 151 Å². The fourth-order valence-corrected chi connectivity index (χ4v) is 4.97. The maximum absolute atomic E-state index is 12.3. The second-order valence-corrected chi connectivity index (χ2v) is 8.70. The van der Waals surface area contributed by atoms with Crippen LogP contribution in [0.5, 0.6) is 5.75 Å². The van der Waals surface area contributed by atoms with Crippen LogP contribution in [0.2, 0.25) is 0 Å². The number of carboxylic acids is 1. The number of carbonyl (C=O) groups excluding carboxylic acids is 2. The summed E-state index contributed by atoms with van der Waals surface area (Å²) in [6, 6.07) is -1.89. The van der Waals surface area contributed by atoms with Gasteiger partial charge in [0, 0.05) is 11.8 Å². The fraction of sp³-hybridized carbons (Fsp3) is 0.533. The maximum Gasteiger partial charge on any atom is 0.331 e. The predicted octanol–water partition coefficient (Wildman–Crippen LogP) is -2.12. The van der Waals surface area contributed by atoms with E-state index in [0.717, 1.165) is 17.8 Å². The third-order valence-electron chi connectivity index (χ3n) is 4.64. The first-order valence-electron chi connectivity index (χ1n) is 7.97. The van der Waals surface area contributed by atoms with Crippen molar-refractivity contribution in [2.45, 2.75) is 42.6 Å². The molecule has 0 aliphatic carbocycles. The van der Waals surface area contributed by atoms with Gasteiger partial charge in [-0.1, -0.05) is 0 Å². The summed E-state index contributed by atoms with van der Waals surface area (Å²) in [5.41, 5.74) is -1.68. The zero-order valence-corrected chi connectivity index (χ0v) is 15.5. The number of nitrogens with zero attached hydrogens (tertiary/aromatic N) is 3. The van der Waals surface area contributed by atoms with Crippen LogP contribution in [0.1, 0.15) is 13.8 Å². The number of aromatic nitrogens is 2. The van der Waals surface area contributed by atoms with Gasteiger partial charge in [-0.2, -0.15) is 0 Å². The summed E-state index contributed by atoms with van der Waals surface area (Å²) in [5.74, 6) is -2.98. The van der Waals surface area contributed by atoms with E-state index in [1.54, 1.807) is 13.8 Å². The summed E-state index contributed by atoms with van der Waals surface area (Å²) in [6.45, 7) is 2.93. The largest absolute Gasteiger partial charge is 0.502 e. The molecule has 0 radical (unpaired) electrons. The van der Waals surface area contributed by atoms with Crippen molar-refractivity contribution in [3.05, 3.63) is 27.0 Å². The Kier molecular flexibility index (Phi) is 4.33. The number of rotatable bonds is 4. The van der Waals surface area contributed by atoms with Crippen LogP contribution in [0.4, 0.5) is 0 Å². The minimum absolute atomic E-state index is 0.505. The molecular formula is C15H18N4O7S. The molecule has 3 N–H and O–H groups in total. The van der Waals surface area contributed by atoms with E-state index in [-0.39, 0.29) is 0 Å². The van der Waals surface area contributed by atoms with Crippen molar-refractivity contribution in [1.82, 2.24) is 19.4 Å². The third kappa shape index (κ3) is 2.89. The number of thioether (sulfide) groups is 1. The lowest BCUT2D eigenvalue weighted by atomic mass is 9.96. The van der Waals surface area contributed by atoms with Crippen LogP contribution in [0.15, 0.2) is 15.8 Å². The normalized spacial score (nSPS) is 25.7. The van der Waals surface area contributed by atoms with Crippen LogP contribution in [0.25, 0.3) is 0 Å². The van der Waals surface area contributed by atoms with Gasteiger partial charge in [0.25, 0.3) is 5.56 Å². The van der Waals surface area contributed by atoms with Gasteiger partial charge in [0.2, 0.25) is 11.8 Å². The highest BCUT2D eigenvalue weighted by molar-refractivity contribution is 8.01. The second-order valence-electron chi connectivity index (χ2n) is 6.93. The van der Waals surface area contributed by atoms with Gasteiger partial charge in [0.1, 0.15) is 24.0 Å². The van der Waals surface area contributed by atoms with Crippen molar-refractivity contribution in [2.75, 3.05) is 0 Å². The van der Waals surface area contributed by atoms with Crippen LogP contribution >= 0.6 is 11.8 Å². The molecule has 2 amide bonds. The minimum atomic E-state index is -1.11. The average Bonchev–Trinajstić information content (AvgIpc) is 2.84. The molecule has 12 heteroatoms. The average molecular weight is 398 g/mol. The van der Waals surface area contributed by atoms with E-state index in [1.807, 2.05) is 0 Å². The molecule has 3 heterocycles. The standard InChI is InChI=1S/C15H18N4O7S/c1-15(2)9(13(24)25)19-11(23)8(12(19)27-15)16-7(21)5-18-4-6(20)10(22)17(3)14(18)26/h4,8-9,12,20H,5H2,1-3H3,(H,16,21)(H,24,25)/t8?,9-,12+/m0/s1. The molecule has 0 aromatic carbocycles. The van der Waals surface area contributed by atoms with Crippen LogP contribution in [0.3, 0.4) is 0 Å². The van der Waals surface area contributed by atoms with Crippen molar-refractivity contribution in [1.29, 1.82) is 0 Å². The van der Waals surface area contributed by atoms with Gasteiger partial charge < -0.3 is 20.4 Å². The van der Waals surface area contributed by atoms with E-state index in [1.165, 1.54) is 16.7 Å². The Morgan fingerprint density at radius 1 is 1.30 bits per heavy atom. The summed E-state index contributed by atoms with van der Waals surface area (Å²) in [7, 11) is 1.16. The number of aromatic hydroxyl groups is 1. The summed E-state index contributed by atoms with van der Waals surface area (Å²) >= 11 is 1.28. The number of nitrogens with one attached hydrogen (secondary N) is 1. The molecule has 2 aliphatic rings. The smallest absolute Gasteiger partial charge is 0.331 e. The van der Waals surface area contributed by atoms with Crippen LogP contribution in [-0.2, 0) is 28.0 Å². The number of aliphatic carboxylic acids is 1. The second kappa shape index (κ2) is 6.15. The molecule has 2 aliphatic heterocycles. The monoisotopic (exact) mass is 398 g/mol. The van der Waals surface area contributed by atoms with Gasteiger partial charge in [-0.25, -0.2) is 9.59 Å². The molecule has 0 saturated carbocycles. The van der Waals surface area contributed by atoms with E-state index in [0.29, 0.717) is 4.57 Å². The molecule has 3 atom stereocenters. The van der Waals surface area contributed by atoms with E-state index >= 15 is 0 Å². The molecule has 146 valence electrons. The van der Waals surface area contributed by atoms with E-state index in [2.05, 4.69) is 5.32 Å². The first-order chi connectivity index (χ1) is 12.5. The van der Waals surface area contributed by atoms with Crippen molar-refractivity contribution in [3.63, 3.8) is 0 Å². The number of carbonyl (C=O) groups is 3. The molecule has 2 saturated heterocycles. The molecule has 3 rings (SSSR count). The van der Waals surface area contributed by atoms with Gasteiger partial charge in [0.15, 0.2) is 5.75 Å². The lowest BCUT2D eigenvalue weighted by Crippen LogP contribution is -2.70. The van der Waals surface area contributed by atoms with Crippen LogP contribution < -0.4 is 16.6 Å². The van der Waals surface area contributed by atoms with Crippen molar-refractivity contribution in [2.24, 2.45) is 7.05 Å². The molecule has 2 fully saturated rings. The number of β-lactam (4-membered cyclic amide) rings is 1. The zero-order chi connectivity index (χ0) is 20.3. The van der Waals surface area contributed by atoms with Gasteiger partial charge in [0.05, 0.1) is 6.20 Å². The molecule has 27 heavy (non-hydrogen) atoms. The Balaban J connectivity index is 1.74. The molecular weight excluding hydrogens is 380 g/mol. The summed E-state index contributed by atoms with van der Waals surface area (Å²) in [6.07, 6.45) is 0.854. The first-order valence-corrected chi connectivity index (χ1v) is 8.85. The van der Waals surface area contributed by atoms with E-state index in [4.69, 9.17) is 0 Å². The van der Waals surface area contributed by atoms with Crippen molar-refractivity contribution >= 4 is 29.5 Å². The van der Waals surface area contributed by atoms with Gasteiger partial charge in [-0.3, -0.25) is 23.5 Å². The lowest BCUT2D eigenvalue weighted by Gasteiger charge is -2.43. The Morgan fingerprint density at radius 3 is 2.52 bits per heavy atom. The molecule has 1 unspecified atom stereocenters. The van der Waals surface area contributed by atoms with Gasteiger partial charge >= 0.3 is 11.7 Å². The number of amides is 2. The SMILES string of the molecule is Cn1c(=O)c(O)cn(CC(=O)NC2C(=O)N3[C@@H]2SC(C)(C)[C@@H]3C(=O)O)c1=O. The van der Waals surface area contributed by atoms with Crippen LogP contribution in [-0.4, -0.2) is 64.2 Å². The predicted molar refractivity (Wildman–Crippen MR) is 93.3 cm³/mol. The lowest BCUT2D eigenvalue weighted by molar-refractivity contribution is -0.161. The molecule has 1 aromatic heterocycles. The quantitative estimate of drug-likeness (QED) is 0.487. The Morgan fingerprint density at radius 2 is 1.93 bits per heavy atom. The summed E-state index contributed by atoms with van der Waals surface area (Å²) in [5, 5.41) is 20.9. The van der Waals surface area contributed by atoms with Gasteiger partial charge in [-0.15, -0.1) is 11.8 Å². The summed E-state index contributed by atoms with van der Waals surface area (Å²) < 4.78 is 0.788. The third-order valence-corrected chi connectivity index (χ3v) is 6.21. The van der Waals surface area contributed by atoms with E-state index in [9.17, 15) is 34.2 Å². The van der Waals surface area contributed by atoms with Crippen LogP contribution in [0, 0.1) is 0 Å². The van der Waals surface area contributed by atoms with E-state index < -0.39 is 63.5 Å². The first kappa shape index (κ1) is 19.0. The number of hydrogen-bond acceptors (Lipinski definition) is 7. The highest BCUT2D eigenvalue weighted by atomic mass is 32.2. The fourth-order valence-electron chi connectivity index (χ4n) is 3.34. The Bertz CT molecular complexity index is 966. The number of hydrogen-bond donors (Lipinski definition) is 3. The number of fused-ring (bicyclic) bond motifs is 1. The molecule has 0 spiro atoms. The molecule has 0 bridgehead atoms. The summed E-state index contributed by atoms with van der Waals surface area (Å²) in [4.78, 5) is 60.8. The minimum Gasteiger partial charge on any atom is -0.502 e.